The third-order valence-electron chi connectivity index (χ3n) is 1.94. The van der Waals surface area contributed by atoms with Crippen molar-refractivity contribution in [1.82, 2.24) is 16.0 Å². The molecule has 1 aromatic carbocycles. The van der Waals surface area contributed by atoms with Gasteiger partial charge in [0.2, 0.25) is 0 Å². The van der Waals surface area contributed by atoms with E-state index in [2.05, 4.69) is 17.0 Å². The van der Waals surface area contributed by atoms with E-state index in [0.717, 1.165) is 11.3 Å². The fourth-order valence-corrected chi connectivity index (χ4v) is 1.28. The van der Waals surface area contributed by atoms with Crippen molar-refractivity contribution in [3.05, 3.63) is 42.1 Å². The lowest BCUT2D eigenvalue weighted by atomic mass is 10.2. The minimum atomic E-state index is 0.323. The molecule has 4 nitrogen and oxygen atoms in total. The number of benzene rings is 1. The fourth-order valence-electron chi connectivity index (χ4n) is 1.28. The van der Waals surface area contributed by atoms with E-state index in [0.29, 0.717) is 6.54 Å². The Hall–Kier alpha value is -1.99. The maximum Gasteiger partial charge on any atom is 0.122 e. The van der Waals surface area contributed by atoms with E-state index in [1.54, 1.807) is 5.01 Å². The first kappa shape index (κ1) is 8.60. The molecular formula is C10H10N4. The molecule has 1 aliphatic heterocycles. The highest BCUT2D eigenvalue weighted by molar-refractivity contribution is 5.64. The van der Waals surface area contributed by atoms with Crippen LogP contribution in [-0.2, 0) is 0 Å². The van der Waals surface area contributed by atoms with Crippen LogP contribution in [0.5, 0.6) is 0 Å². The minimum absolute atomic E-state index is 0.323. The fraction of sp³-hybridized carbons (Fsp3) is 0.100. The van der Waals surface area contributed by atoms with Crippen LogP contribution in [0.2, 0.25) is 0 Å². The standard InChI is InChI=1S/C10H10N4/c11-6-7-14-8-10(12-13-14)9-4-2-1-3-5-9/h1-5,8,12-13H,7H2. The molecular weight excluding hydrogens is 176 g/mol. The SMILES string of the molecule is N#CCN1C=C(c2ccccc2)NN1. The van der Waals surface area contributed by atoms with Gasteiger partial charge in [0.1, 0.15) is 6.54 Å². The van der Waals surface area contributed by atoms with Crippen molar-refractivity contribution < 1.29 is 0 Å². The summed E-state index contributed by atoms with van der Waals surface area (Å²) >= 11 is 0. The molecule has 0 amide bonds. The van der Waals surface area contributed by atoms with Gasteiger partial charge in [0.05, 0.1) is 11.8 Å². The third kappa shape index (κ3) is 1.68. The number of hydrogen-bond acceptors (Lipinski definition) is 4. The third-order valence-corrected chi connectivity index (χ3v) is 1.94. The van der Waals surface area contributed by atoms with Crippen molar-refractivity contribution >= 4 is 5.70 Å². The zero-order valence-corrected chi connectivity index (χ0v) is 7.57. The van der Waals surface area contributed by atoms with Crippen molar-refractivity contribution in [3.8, 4) is 6.07 Å². The van der Waals surface area contributed by atoms with Crippen molar-refractivity contribution in [2.24, 2.45) is 0 Å². The molecule has 0 aliphatic carbocycles. The van der Waals surface area contributed by atoms with Crippen molar-refractivity contribution in [2.75, 3.05) is 6.54 Å². The largest absolute Gasteiger partial charge is 0.302 e. The molecule has 1 aromatic rings. The van der Waals surface area contributed by atoms with Crippen LogP contribution < -0.4 is 11.0 Å². The lowest BCUT2D eigenvalue weighted by Gasteiger charge is -2.08. The Bertz CT molecular complexity index is 377. The molecule has 0 radical (unpaired) electrons. The van der Waals surface area contributed by atoms with Crippen molar-refractivity contribution in [2.45, 2.75) is 0 Å². The summed E-state index contributed by atoms with van der Waals surface area (Å²) in [5, 5.41) is 10.2. The van der Waals surface area contributed by atoms with Crippen LogP contribution in [0.4, 0.5) is 0 Å². The molecule has 1 heterocycles. The first-order valence-electron chi connectivity index (χ1n) is 4.32. The Kier molecular flexibility index (Phi) is 2.34. The Balaban J connectivity index is 2.15. The zero-order valence-electron chi connectivity index (χ0n) is 7.57. The molecule has 0 unspecified atom stereocenters. The van der Waals surface area contributed by atoms with Gasteiger partial charge in [-0.1, -0.05) is 30.3 Å². The molecule has 0 fully saturated rings. The number of rotatable bonds is 2. The topological polar surface area (TPSA) is 51.1 Å². The van der Waals surface area contributed by atoms with Crippen LogP contribution >= 0.6 is 0 Å². The first-order chi connectivity index (χ1) is 6.90. The number of nitrogens with zero attached hydrogens (tertiary/aromatic N) is 2. The summed E-state index contributed by atoms with van der Waals surface area (Å²) in [7, 11) is 0. The molecule has 1 aliphatic rings. The van der Waals surface area contributed by atoms with Crippen LogP contribution in [0.15, 0.2) is 36.5 Å². The van der Waals surface area contributed by atoms with E-state index in [9.17, 15) is 0 Å². The highest BCUT2D eigenvalue weighted by Gasteiger charge is 2.10. The molecule has 0 atom stereocenters. The van der Waals surface area contributed by atoms with E-state index in [-0.39, 0.29) is 0 Å². The van der Waals surface area contributed by atoms with Crippen LogP contribution in [-0.4, -0.2) is 11.6 Å². The number of hydrazine groups is 2. The highest BCUT2D eigenvalue weighted by Crippen LogP contribution is 2.13. The average molecular weight is 186 g/mol. The normalized spacial score (nSPS) is 14.5. The average Bonchev–Trinajstić information content (AvgIpc) is 2.68. The number of hydrogen-bond donors (Lipinski definition) is 2. The lowest BCUT2D eigenvalue weighted by molar-refractivity contribution is 0.303. The summed E-state index contributed by atoms with van der Waals surface area (Å²) in [5.41, 5.74) is 7.94. The minimum Gasteiger partial charge on any atom is -0.302 e. The first-order valence-corrected chi connectivity index (χ1v) is 4.32. The van der Waals surface area contributed by atoms with Gasteiger partial charge in [-0.15, -0.1) is 5.53 Å². The predicted octanol–water partition coefficient (Wildman–Crippen LogP) is 0.833. The van der Waals surface area contributed by atoms with E-state index in [4.69, 9.17) is 5.26 Å². The number of nitriles is 1. The van der Waals surface area contributed by atoms with Gasteiger partial charge >= 0.3 is 0 Å². The second kappa shape index (κ2) is 3.81. The summed E-state index contributed by atoms with van der Waals surface area (Å²) in [6.07, 6.45) is 1.87. The van der Waals surface area contributed by atoms with Gasteiger partial charge in [-0.05, 0) is 0 Å². The van der Waals surface area contributed by atoms with E-state index < -0.39 is 0 Å². The Labute approximate surface area is 82.4 Å². The lowest BCUT2D eigenvalue weighted by Crippen LogP contribution is -2.36. The van der Waals surface area contributed by atoms with Crippen LogP contribution in [0.25, 0.3) is 5.70 Å². The van der Waals surface area contributed by atoms with Crippen LogP contribution in [0, 0.1) is 11.3 Å². The molecule has 14 heavy (non-hydrogen) atoms. The second-order valence-corrected chi connectivity index (χ2v) is 2.93. The maximum absolute atomic E-state index is 8.49. The molecule has 0 saturated carbocycles. The molecule has 0 spiro atoms. The van der Waals surface area contributed by atoms with E-state index in [1.165, 1.54) is 0 Å². The zero-order chi connectivity index (χ0) is 9.80. The smallest absolute Gasteiger partial charge is 0.122 e. The summed E-state index contributed by atoms with van der Waals surface area (Å²) in [6.45, 7) is 0.323. The van der Waals surface area contributed by atoms with Gasteiger partial charge in [0, 0.05) is 11.8 Å². The Morgan fingerprint density at radius 3 is 2.79 bits per heavy atom. The van der Waals surface area contributed by atoms with E-state index in [1.807, 2.05) is 36.5 Å². The molecule has 2 rings (SSSR count). The van der Waals surface area contributed by atoms with Gasteiger partial charge in [-0.2, -0.15) is 5.26 Å². The van der Waals surface area contributed by atoms with Gasteiger partial charge in [-0.25, -0.2) is 0 Å². The summed E-state index contributed by atoms with van der Waals surface area (Å²) < 4.78 is 0. The molecule has 70 valence electrons. The van der Waals surface area contributed by atoms with Gasteiger partial charge in [0.15, 0.2) is 0 Å². The highest BCUT2D eigenvalue weighted by atomic mass is 15.7. The van der Waals surface area contributed by atoms with Crippen LogP contribution in [0.3, 0.4) is 0 Å². The Morgan fingerprint density at radius 1 is 1.29 bits per heavy atom. The molecule has 0 bridgehead atoms. The quantitative estimate of drug-likeness (QED) is 0.672. The van der Waals surface area contributed by atoms with Crippen LogP contribution in [0.1, 0.15) is 5.56 Å². The predicted molar refractivity (Wildman–Crippen MR) is 53.0 cm³/mol. The molecule has 2 N–H and O–H groups in total. The second-order valence-electron chi connectivity index (χ2n) is 2.93. The van der Waals surface area contributed by atoms with Crippen molar-refractivity contribution in [1.29, 1.82) is 5.26 Å². The van der Waals surface area contributed by atoms with Gasteiger partial charge in [0.25, 0.3) is 0 Å². The maximum atomic E-state index is 8.49. The summed E-state index contributed by atoms with van der Waals surface area (Å²) in [4.78, 5) is 0. The van der Waals surface area contributed by atoms with Gasteiger partial charge < -0.3 is 5.43 Å². The van der Waals surface area contributed by atoms with Gasteiger partial charge in [-0.3, -0.25) is 5.01 Å². The summed E-state index contributed by atoms with van der Waals surface area (Å²) in [6, 6.07) is 12.0. The Morgan fingerprint density at radius 2 is 2.07 bits per heavy atom. The number of nitrogens with one attached hydrogen (secondary N) is 2. The van der Waals surface area contributed by atoms with E-state index >= 15 is 0 Å². The monoisotopic (exact) mass is 186 g/mol. The summed E-state index contributed by atoms with van der Waals surface area (Å²) in [5.74, 6) is 0. The molecule has 0 aromatic heterocycles. The van der Waals surface area contributed by atoms with Crippen molar-refractivity contribution in [3.63, 3.8) is 0 Å². The molecule has 4 heteroatoms. The molecule has 0 saturated heterocycles.